The molecule has 0 radical (unpaired) electrons. The van der Waals surface area contributed by atoms with Crippen molar-refractivity contribution in [3.05, 3.63) is 63.9 Å². The summed E-state index contributed by atoms with van der Waals surface area (Å²) in [5.74, 6) is 0.584. The zero-order chi connectivity index (χ0) is 30.8. The molecule has 230 valence electrons. The molecule has 2 aromatic carbocycles. The molecule has 1 saturated heterocycles. The van der Waals surface area contributed by atoms with Gasteiger partial charge in [-0.25, -0.2) is 5.06 Å². The van der Waals surface area contributed by atoms with Crippen molar-refractivity contribution < 1.29 is 36.3 Å². The topological polar surface area (TPSA) is 73.2 Å². The maximum absolute atomic E-state index is 13.5. The van der Waals surface area contributed by atoms with E-state index < -0.39 is 38.3 Å². The summed E-state index contributed by atoms with van der Waals surface area (Å²) < 4.78 is 82.1. The fraction of sp³-hybridized carbons (Fsp3) is 0.464. The van der Waals surface area contributed by atoms with Crippen LogP contribution in [0.1, 0.15) is 24.1 Å². The molecule has 4 rings (SSSR count). The fourth-order valence-electron chi connectivity index (χ4n) is 5.17. The predicted molar refractivity (Wildman–Crippen MR) is 148 cm³/mol. The zero-order valence-electron chi connectivity index (χ0n) is 23.4. The van der Waals surface area contributed by atoms with Crippen LogP contribution in [0.25, 0.3) is 10.8 Å². The Balaban J connectivity index is 1.62. The minimum atomic E-state index is -4.54. The Kier molecular flexibility index (Phi) is 9.28. The van der Waals surface area contributed by atoms with E-state index in [0.29, 0.717) is 40.4 Å². The first-order valence-electron chi connectivity index (χ1n) is 13.3. The third kappa shape index (κ3) is 7.66. The lowest BCUT2D eigenvalue weighted by Gasteiger charge is -2.37. The molecule has 1 aromatic heterocycles. The van der Waals surface area contributed by atoms with Crippen molar-refractivity contribution >= 4 is 28.0 Å². The molecule has 0 amide bonds. The second-order valence-corrected chi connectivity index (χ2v) is 10.4. The Morgan fingerprint density at radius 2 is 1.67 bits per heavy atom. The average molecular weight is 602 g/mol. The number of aryl methyl sites for hydroxylation is 1. The van der Waals surface area contributed by atoms with E-state index in [4.69, 9.17) is 0 Å². The highest BCUT2D eigenvalue weighted by atomic mass is 19.4. The molecule has 0 aliphatic carbocycles. The second-order valence-electron chi connectivity index (χ2n) is 10.4. The van der Waals surface area contributed by atoms with Crippen LogP contribution in [0.2, 0.25) is 0 Å². The smallest absolute Gasteiger partial charge is 0.377 e. The molecule has 42 heavy (non-hydrogen) atoms. The molecule has 14 heteroatoms. The van der Waals surface area contributed by atoms with Gasteiger partial charge in [-0.05, 0) is 54.6 Å². The lowest BCUT2D eigenvalue weighted by Crippen LogP contribution is -2.50. The van der Waals surface area contributed by atoms with E-state index in [0.717, 1.165) is 11.1 Å². The van der Waals surface area contributed by atoms with Crippen LogP contribution in [0, 0.1) is 6.92 Å². The average Bonchev–Trinajstić information content (AvgIpc) is 2.89. The number of para-hydroxylation sites is 2. The van der Waals surface area contributed by atoms with Crippen molar-refractivity contribution in [1.29, 1.82) is 0 Å². The van der Waals surface area contributed by atoms with Gasteiger partial charge in [-0.15, -0.1) is 0 Å². The molecule has 0 unspecified atom stereocenters. The van der Waals surface area contributed by atoms with E-state index in [1.807, 2.05) is 30.9 Å². The number of pyridine rings is 1. The minimum absolute atomic E-state index is 0.191. The highest BCUT2D eigenvalue weighted by molar-refractivity contribution is 5.89. The molecule has 1 aliphatic rings. The highest BCUT2D eigenvalue weighted by Gasteiger charge is 2.33. The van der Waals surface area contributed by atoms with Crippen molar-refractivity contribution in [1.82, 2.24) is 9.47 Å². The lowest BCUT2D eigenvalue weighted by molar-refractivity contribution is -0.176. The molecule has 2 N–H and O–H groups in total. The summed E-state index contributed by atoms with van der Waals surface area (Å²) >= 11 is 0. The molecule has 0 bridgehead atoms. The highest BCUT2D eigenvalue weighted by Crippen LogP contribution is 2.33. The number of halogens is 6. The number of anilines is 3. The fourth-order valence-corrected chi connectivity index (χ4v) is 5.17. The summed E-state index contributed by atoms with van der Waals surface area (Å²) in [5, 5.41) is 15.4. The van der Waals surface area contributed by atoms with Crippen LogP contribution in [-0.2, 0) is 11.8 Å². The van der Waals surface area contributed by atoms with Gasteiger partial charge in [0.2, 0.25) is 0 Å². The number of nitrogens with zero attached hydrogens (tertiary/aromatic N) is 4. The number of alkyl halides is 6. The first-order valence-corrected chi connectivity index (χ1v) is 13.3. The number of rotatable bonds is 9. The number of nitrogens with one attached hydrogen (secondary N) is 1. The SMILES string of the molecule is Cc1cc([C@@H](C)Nc2ccccc2N(O)COCC(F)(F)F)c2cc(N3CCN(CC(F)(F)F)CC3)n(C)c(=O)c2c1. The summed E-state index contributed by atoms with van der Waals surface area (Å²) in [7, 11) is 1.63. The Hall–Kier alpha value is -3.49. The van der Waals surface area contributed by atoms with Gasteiger partial charge >= 0.3 is 12.4 Å². The van der Waals surface area contributed by atoms with Crippen molar-refractivity contribution in [2.45, 2.75) is 32.2 Å². The summed E-state index contributed by atoms with van der Waals surface area (Å²) in [5.41, 5.74) is 1.95. The van der Waals surface area contributed by atoms with Crippen molar-refractivity contribution in [3.8, 4) is 0 Å². The lowest BCUT2D eigenvalue weighted by atomic mass is 9.97. The largest absolute Gasteiger partial charge is 0.411 e. The molecule has 1 aliphatic heterocycles. The van der Waals surface area contributed by atoms with E-state index in [1.165, 1.54) is 15.5 Å². The maximum Gasteiger partial charge on any atom is 0.411 e. The van der Waals surface area contributed by atoms with E-state index >= 15 is 0 Å². The predicted octanol–water partition coefficient (Wildman–Crippen LogP) is 5.44. The van der Waals surface area contributed by atoms with Crippen LogP contribution in [0.4, 0.5) is 43.5 Å². The third-order valence-electron chi connectivity index (χ3n) is 7.11. The van der Waals surface area contributed by atoms with Crippen LogP contribution in [0.3, 0.4) is 0 Å². The number of ether oxygens (including phenoxy) is 1. The molecule has 8 nitrogen and oxygen atoms in total. The van der Waals surface area contributed by atoms with E-state index in [-0.39, 0.29) is 24.3 Å². The van der Waals surface area contributed by atoms with Gasteiger partial charge in [0.1, 0.15) is 19.2 Å². The van der Waals surface area contributed by atoms with Crippen LogP contribution in [0.5, 0.6) is 0 Å². The van der Waals surface area contributed by atoms with Crippen molar-refractivity contribution in [2.75, 3.05) is 61.3 Å². The number of piperazine rings is 1. The number of aromatic nitrogens is 1. The molecule has 0 spiro atoms. The van der Waals surface area contributed by atoms with Crippen molar-refractivity contribution in [3.63, 3.8) is 0 Å². The van der Waals surface area contributed by atoms with Gasteiger partial charge in [0, 0.05) is 44.7 Å². The maximum atomic E-state index is 13.5. The number of hydrogen-bond acceptors (Lipinski definition) is 7. The van der Waals surface area contributed by atoms with E-state index in [1.54, 1.807) is 31.3 Å². The van der Waals surface area contributed by atoms with E-state index in [2.05, 4.69) is 10.1 Å². The first kappa shape index (κ1) is 31.4. The van der Waals surface area contributed by atoms with Gasteiger partial charge in [-0.3, -0.25) is 19.5 Å². The Bertz CT molecular complexity index is 1450. The van der Waals surface area contributed by atoms with Gasteiger partial charge in [0.15, 0.2) is 0 Å². The molecule has 0 saturated carbocycles. The van der Waals surface area contributed by atoms with Crippen LogP contribution in [-0.4, -0.2) is 73.1 Å². The molecular weight excluding hydrogens is 568 g/mol. The van der Waals surface area contributed by atoms with Crippen LogP contribution >= 0.6 is 0 Å². The Morgan fingerprint density at radius 3 is 2.31 bits per heavy atom. The zero-order valence-corrected chi connectivity index (χ0v) is 23.4. The van der Waals surface area contributed by atoms with Crippen LogP contribution < -0.4 is 20.8 Å². The summed E-state index contributed by atoms with van der Waals surface area (Å²) in [4.78, 5) is 16.7. The van der Waals surface area contributed by atoms with Gasteiger partial charge in [-0.2, -0.15) is 26.3 Å². The van der Waals surface area contributed by atoms with Gasteiger partial charge in [0.25, 0.3) is 5.56 Å². The standard InChI is InChI=1S/C28H33F6N5O3/c1-18-12-20(19(2)35-23-6-4-5-7-24(23)39(41)17-42-16-28(32,33)34)21-14-25(36(3)26(40)22(21)13-18)38-10-8-37(9-11-38)15-27(29,30)31/h4-7,12-14,19,35,41H,8-11,15-17H2,1-3H3/t19-/m1/s1. The van der Waals surface area contributed by atoms with Gasteiger partial charge in [-0.1, -0.05) is 18.2 Å². The number of hydrogen-bond donors (Lipinski definition) is 2. The molecular formula is C28H33F6N5O3. The van der Waals surface area contributed by atoms with E-state index in [9.17, 15) is 36.3 Å². The number of fused-ring (bicyclic) bond motifs is 1. The van der Waals surface area contributed by atoms with Crippen LogP contribution in [0.15, 0.2) is 47.3 Å². The molecule has 2 heterocycles. The van der Waals surface area contributed by atoms with Crippen molar-refractivity contribution in [2.24, 2.45) is 7.05 Å². The number of benzene rings is 2. The normalized spacial score (nSPS) is 15.7. The summed E-state index contributed by atoms with van der Waals surface area (Å²) in [6.45, 7) is 1.53. The second kappa shape index (κ2) is 12.4. The monoisotopic (exact) mass is 601 g/mol. The van der Waals surface area contributed by atoms with Gasteiger partial charge < -0.3 is 15.0 Å². The Morgan fingerprint density at radius 1 is 1.00 bits per heavy atom. The Labute approximate surface area is 238 Å². The number of hydroxylamine groups is 1. The molecule has 1 atom stereocenters. The summed E-state index contributed by atoms with van der Waals surface area (Å²) in [6.07, 6.45) is -8.82. The minimum Gasteiger partial charge on any atom is -0.377 e. The molecule has 3 aromatic rings. The first-order chi connectivity index (χ1) is 19.6. The quantitative estimate of drug-likeness (QED) is 0.192. The van der Waals surface area contributed by atoms with Gasteiger partial charge in [0.05, 0.1) is 17.9 Å². The third-order valence-corrected chi connectivity index (χ3v) is 7.11. The molecule has 1 fully saturated rings. The summed E-state index contributed by atoms with van der Waals surface area (Å²) in [6, 6.07) is 11.6.